The van der Waals surface area contributed by atoms with Crippen LogP contribution < -0.4 is 0 Å². The average molecular weight is 340 g/mol. The Kier molecular flexibility index (Phi) is 4.93. The van der Waals surface area contributed by atoms with E-state index in [-0.39, 0.29) is 5.04 Å². The SMILES string of the molecule is CC(C)(C)[Si](C)(C)OCc1scnc1-c1ccc(Cl)cc1. The largest absolute Gasteiger partial charge is 0.412 e. The maximum Gasteiger partial charge on any atom is 0.192 e. The van der Waals surface area contributed by atoms with E-state index in [0.29, 0.717) is 6.61 Å². The van der Waals surface area contributed by atoms with E-state index in [4.69, 9.17) is 16.0 Å². The molecule has 0 aliphatic rings. The molecule has 0 fully saturated rings. The molecule has 0 radical (unpaired) electrons. The maximum absolute atomic E-state index is 6.31. The van der Waals surface area contributed by atoms with E-state index in [1.807, 2.05) is 29.8 Å². The van der Waals surface area contributed by atoms with Gasteiger partial charge in [-0.2, -0.15) is 0 Å². The highest BCUT2D eigenvalue weighted by atomic mass is 35.5. The van der Waals surface area contributed by atoms with Gasteiger partial charge in [0, 0.05) is 10.6 Å². The van der Waals surface area contributed by atoms with Crippen molar-refractivity contribution >= 4 is 31.3 Å². The van der Waals surface area contributed by atoms with Gasteiger partial charge in [-0.05, 0) is 30.3 Å². The zero-order chi connectivity index (χ0) is 15.7. The first kappa shape index (κ1) is 16.7. The number of hydrogen-bond acceptors (Lipinski definition) is 3. The van der Waals surface area contributed by atoms with Crippen LogP contribution in [0, 0.1) is 0 Å². The number of nitrogens with zero attached hydrogens (tertiary/aromatic N) is 1. The summed E-state index contributed by atoms with van der Waals surface area (Å²) in [6.45, 7) is 12.0. The Bertz CT molecular complexity index is 601. The lowest BCUT2D eigenvalue weighted by Crippen LogP contribution is -2.40. The van der Waals surface area contributed by atoms with Gasteiger partial charge in [-0.3, -0.25) is 0 Å². The van der Waals surface area contributed by atoms with Crippen LogP contribution in [-0.4, -0.2) is 13.3 Å². The normalized spacial score (nSPS) is 12.7. The molecule has 2 nitrogen and oxygen atoms in total. The van der Waals surface area contributed by atoms with Crippen molar-refractivity contribution in [3.63, 3.8) is 0 Å². The molecule has 1 aromatic heterocycles. The molecule has 0 amide bonds. The lowest BCUT2D eigenvalue weighted by molar-refractivity contribution is 0.280. The molecular formula is C16H22ClNOSSi. The Balaban J connectivity index is 2.17. The molecule has 0 aliphatic heterocycles. The van der Waals surface area contributed by atoms with Crippen LogP contribution in [0.25, 0.3) is 11.3 Å². The fraction of sp³-hybridized carbons (Fsp3) is 0.438. The summed E-state index contributed by atoms with van der Waals surface area (Å²) in [6.07, 6.45) is 0. The highest BCUT2D eigenvalue weighted by Crippen LogP contribution is 2.38. The van der Waals surface area contributed by atoms with Crippen molar-refractivity contribution in [3.8, 4) is 11.3 Å². The van der Waals surface area contributed by atoms with Gasteiger partial charge in [0.15, 0.2) is 8.32 Å². The van der Waals surface area contributed by atoms with Crippen LogP contribution in [0.5, 0.6) is 0 Å². The van der Waals surface area contributed by atoms with Crippen molar-refractivity contribution < 1.29 is 4.43 Å². The van der Waals surface area contributed by atoms with E-state index in [1.165, 1.54) is 4.88 Å². The molecule has 0 aliphatic carbocycles. The smallest absolute Gasteiger partial charge is 0.192 e. The molecule has 114 valence electrons. The summed E-state index contributed by atoms with van der Waals surface area (Å²) in [6, 6.07) is 7.81. The number of thiazole rings is 1. The third-order valence-electron chi connectivity index (χ3n) is 4.13. The minimum atomic E-state index is -1.74. The van der Waals surface area contributed by atoms with Gasteiger partial charge < -0.3 is 4.43 Å². The van der Waals surface area contributed by atoms with Gasteiger partial charge >= 0.3 is 0 Å². The maximum atomic E-state index is 6.31. The van der Waals surface area contributed by atoms with Gasteiger partial charge in [-0.25, -0.2) is 4.98 Å². The van der Waals surface area contributed by atoms with Gasteiger partial charge in [0.05, 0.1) is 22.7 Å². The molecule has 0 saturated heterocycles. The standard InChI is InChI=1S/C16H22ClNOSSi/c1-16(2,3)21(4,5)19-10-14-15(18-11-20-14)12-6-8-13(17)9-7-12/h6-9,11H,10H2,1-5H3. The summed E-state index contributed by atoms with van der Waals surface area (Å²) in [5.41, 5.74) is 3.98. The van der Waals surface area contributed by atoms with Crippen molar-refractivity contribution in [2.75, 3.05) is 0 Å². The Labute approximate surface area is 137 Å². The summed E-state index contributed by atoms with van der Waals surface area (Å²) in [5.74, 6) is 0. The van der Waals surface area contributed by atoms with E-state index in [0.717, 1.165) is 16.3 Å². The van der Waals surface area contributed by atoms with Crippen LogP contribution in [0.3, 0.4) is 0 Å². The molecule has 0 saturated carbocycles. The highest BCUT2D eigenvalue weighted by molar-refractivity contribution is 7.10. The Hall–Kier alpha value is -0.683. The molecular weight excluding hydrogens is 318 g/mol. The van der Waals surface area contributed by atoms with Crippen LogP contribution in [0.15, 0.2) is 29.8 Å². The third kappa shape index (κ3) is 3.95. The van der Waals surface area contributed by atoms with E-state index < -0.39 is 8.32 Å². The molecule has 1 heterocycles. The van der Waals surface area contributed by atoms with E-state index in [2.05, 4.69) is 38.8 Å². The van der Waals surface area contributed by atoms with Gasteiger partial charge in [-0.1, -0.05) is 44.5 Å². The minimum Gasteiger partial charge on any atom is -0.412 e. The first-order valence-corrected chi connectivity index (χ1v) is 11.2. The third-order valence-corrected chi connectivity index (χ3v) is 9.67. The summed E-state index contributed by atoms with van der Waals surface area (Å²) in [4.78, 5) is 5.67. The fourth-order valence-electron chi connectivity index (χ4n) is 1.68. The quantitative estimate of drug-likeness (QED) is 0.638. The van der Waals surface area contributed by atoms with Gasteiger partial charge in [0.25, 0.3) is 0 Å². The summed E-state index contributed by atoms with van der Waals surface area (Å²) in [7, 11) is -1.74. The number of halogens is 1. The Morgan fingerprint density at radius 1 is 1.19 bits per heavy atom. The molecule has 1 aromatic carbocycles. The molecule has 0 atom stereocenters. The fourth-order valence-corrected chi connectivity index (χ4v) is 3.54. The van der Waals surface area contributed by atoms with Gasteiger partial charge in [0.2, 0.25) is 0 Å². The Morgan fingerprint density at radius 2 is 1.81 bits per heavy atom. The zero-order valence-corrected chi connectivity index (χ0v) is 15.8. The van der Waals surface area contributed by atoms with E-state index in [9.17, 15) is 0 Å². The first-order chi connectivity index (χ1) is 9.71. The molecule has 2 aromatic rings. The van der Waals surface area contributed by atoms with Crippen molar-refractivity contribution in [2.45, 2.75) is 45.5 Å². The second-order valence-electron chi connectivity index (χ2n) is 6.68. The molecule has 0 N–H and O–H groups in total. The van der Waals surface area contributed by atoms with Gasteiger partial charge in [0.1, 0.15) is 0 Å². The van der Waals surface area contributed by atoms with Crippen LogP contribution in [0.1, 0.15) is 25.6 Å². The molecule has 0 spiro atoms. The summed E-state index contributed by atoms with van der Waals surface area (Å²) < 4.78 is 6.31. The number of rotatable bonds is 4. The monoisotopic (exact) mass is 339 g/mol. The second-order valence-corrected chi connectivity index (χ2v) is 12.9. The van der Waals surface area contributed by atoms with E-state index >= 15 is 0 Å². The Morgan fingerprint density at radius 3 is 2.38 bits per heavy atom. The molecule has 2 rings (SSSR count). The highest BCUT2D eigenvalue weighted by Gasteiger charge is 2.37. The summed E-state index contributed by atoms with van der Waals surface area (Å²) >= 11 is 7.60. The average Bonchev–Trinajstić information content (AvgIpc) is 2.84. The molecule has 0 bridgehead atoms. The zero-order valence-electron chi connectivity index (χ0n) is 13.2. The first-order valence-electron chi connectivity index (χ1n) is 7.03. The van der Waals surface area contributed by atoms with Crippen molar-refractivity contribution in [1.29, 1.82) is 0 Å². The van der Waals surface area contributed by atoms with E-state index in [1.54, 1.807) is 11.3 Å². The minimum absolute atomic E-state index is 0.220. The van der Waals surface area contributed by atoms with Crippen molar-refractivity contribution in [3.05, 3.63) is 39.7 Å². The lowest BCUT2D eigenvalue weighted by Gasteiger charge is -2.36. The topological polar surface area (TPSA) is 22.1 Å². The lowest BCUT2D eigenvalue weighted by atomic mass is 10.1. The summed E-state index contributed by atoms with van der Waals surface area (Å²) in [5, 5.41) is 0.964. The molecule has 0 unspecified atom stereocenters. The predicted molar refractivity (Wildman–Crippen MR) is 94.5 cm³/mol. The predicted octanol–water partition coefficient (Wildman–Crippen LogP) is 5.99. The van der Waals surface area contributed by atoms with Crippen LogP contribution in [-0.2, 0) is 11.0 Å². The van der Waals surface area contributed by atoms with Crippen LogP contribution in [0.4, 0.5) is 0 Å². The number of hydrogen-bond donors (Lipinski definition) is 0. The second kappa shape index (κ2) is 6.21. The van der Waals surface area contributed by atoms with Crippen LogP contribution >= 0.6 is 22.9 Å². The van der Waals surface area contributed by atoms with Crippen molar-refractivity contribution in [1.82, 2.24) is 4.98 Å². The number of aromatic nitrogens is 1. The molecule has 21 heavy (non-hydrogen) atoms. The van der Waals surface area contributed by atoms with Crippen molar-refractivity contribution in [2.24, 2.45) is 0 Å². The molecule has 5 heteroatoms. The van der Waals surface area contributed by atoms with Crippen LogP contribution in [0.2, 0.25) is 23.2 Å². The van der Waals surface area contributed by atoms with Gasteiger partial charge in [-0.15, -0.1) is 11.3 Å². The number of benzene rings is 1.